The molecule has 0 N–H and O–H groups in total. The lowest BCUT2D eigenvalue weighted by Crippen LogP contribution is -2.42. The van der Waals surface area contributed by atoms with Gasteiger partial charge in [-0.2, -0.15) is 0 Å². The van der Waals surface area contributed by atoms with Gasteiger partial charge >= 0.3 is 5.91 Å². The first-order valence-electron chi connectivity index (χ1n) is 11.1. The van der Waals surface area contributed by atoms with E-state index in [9.17, 15) is 9.59 Å². The van der Waals surface area contributed by atoms with Crippen LogP contribution in [-0.2, 0) is 9.59 Å². The molecule has 2 aromatic carbocycles. The summed E-state index contributed by atoms with van der Waals surface area (Å²) in [6, 6.07) is 13.1. The summed E-state index contributed by atoms with van der Waals surface area (Å²) in [5.41, 5.74) is 1.46. The molecular formula is C25H22N4O5S. The molecule has 0 atom stereocenters. The molecule has 1 saturated heterocycles. The third-order valence-corrected chi connectivity index (χ3v) is 6.39. The van der Waals surface area contributed by atoms with Crippen LogP contribution in [-0.4, -0.2) is 63.4 Å². The first-order valence-corrected chi connectivity index (χ1v) is 12.0. The number of aromatic nitrogens is 3. The van der Waals surface area contributed by atoms with Crippen LogP contribution in [0.15, 0.2) is 55.0 Å². The predicted molar refractivity (Wildman–Crippen MR) is 132 cm³/mol. The van der Waals surface area contributed by atoms with Crippen LogP contribution in [0.5, 0.6) is 23.1 Å². The van der Waals surface area contributed by atoms with Crippen molar-refractivity contribution in [1.82, 2.24) is 19.9 Å². The van der Waals surface area contributed by atoms with Gasteiger partial charge in [0.25, 0.3) is 5.12 Å². The number of amides is 1. The van der Waals surface area contributed by atoms with E-state index in [1.807, 2.05) is 30.3 Å². The Balaban J connectivity index is 1.31. The number of carbonyl (C=O) groups is 2. The van der Waals surface area contributed by atoms with Gasteiger partial charge in [-0.25, -0.2) is 9.97 Å². The summed E-state index contributed by atoms with van der Waals surface area (Å²) in [4.78, 5) is 38.1. The Labute approximate surface area is 205 Å². The van der Waals surface area contributed by atoms with Crippen LogP contribution < -0.4 is 14.2 Å². The number of benzene rings is 2. The molecule has 0 unspecified atom stereocenters. The minimum atomic E-state index is -0.434. The van der Waals surface area contributed by atoms with E-state index in [-0.39, 0.29) is 0 Å². The molecule has 0 radical (unpaired) electrons. The van der Waals surface area contributed by atoms with E-state index in [2.05, 4.69) is 15.0 Å². The Bertz CT molecular complexity index is 1410. The minimum absolute atomic E-state index is 0.353. The fraction of sp³-hybridized carbons (Fsp3) is 0.240. The highest BCUT2D eigenvalue weighted by atomic mass is 32.2. The molecule has 0 aliphatic carbocycles. The van der Waals surface area contributed by atoms with Crippen molar-refractivity contribution in [3.63, 3.8) is 0 Å². The average molecular weight is 491 g/mol. The number of hydrogen-bond acceptors (Lipinski definition) is 9. The Kier molecular flexibility index (Phi) is 6.62. The van der Waals surface area contributed by atoms with Crippen LogP contribution in [0.1, 0.15) is 6.42 Å². The summed E-state index contributed by atoms with van der Waals surface area (Å²) in [6.07, 6.45) is 3.75. The second-order valence-corrected chi connectivity index (χ2v) is 8.86. The maximum absolute atomic E-state index is 11.9. The van der Waals surface area contributed by atoms with Gasteiger partial charge in [-0.3, -0.25) is 14.6 Å². The van der Waals surface area contributed by atoms with Gasteiger partial charge in [0.2, 0.25) is 5.88 Å². The van der Waals surface area contributed by atoms with E-state index in [0.717, 1.165) is 22.7 Å². The number of nitrogens with zero attached hydrogens (tertiary/aromatic N) is 4. The standard InChI is InChI=1S/C25H22N4O5S/c1-32-21-13-18-20(14-22(21)33-10-3-8-29-9-11-35-25(31)24(29)30)27-15-28-23(18)34-17-6-5-16-4-2-7-26-19(16)12-17/h2,4-7,12-15H,3,8-11H2,1H3. The molecular weight excluding hydrogens is 468 g/mol. The van der Waals surface area contributed by atoms with E-state index in [1.165, 1.54) is 6.33 Å². The lowest BCUT2D eigenvalue weighted by molar-refractivity contribution is -0.140. The first-order chi connectivity index (χ1) is 17.1. The van der Waals surface area contributed by atoms with E-state index in [1.54, 1.807) is 30.3 Å². The summed E-state index contributed by atoms with van der Waals surface area (Å²) < 4.78 is 17.5. The van der Waals surface area contributed by atoms with E-state index >= 15 is 0 Å². The lowest BCUT2D eigenvalue weighted by atomic mass is 10.2. The third-order valence-electron chi connectivity index (χ3n) is 5.56. The fourth-order valence-electron chi connectivity index (χ4n) is 3.81. The first kappa shape index (κ1) is 22.9. The topological polar surface area (TPSA) is 104 Å². The number of rotatable bonds is 8. The summed E-state index contributed by atoms with van der Waals surface area (Å²) in [7, 11) is 1.56. The highest BCUT2D eigenvalue weighted by Crippen LogP contribution is 2.36. The zero-order valence-electron chi connectivity index (χ0n) is 19.0. The normalized spacial score (nSPS) is 13.9. The third kappa shape index (κ3) is 4.97. The van der Waals surface area contributed by atoms with Gasteiger partial charge in [-0.05, 0) is 30.7 Å². The van der Waals surface area contributed by atoms with Gasteiger partial charge in [0.1, 0.15) is 12.1 Å². The highest BCUT2D eigenvalue weighted by molar-refractivity contribution is 8.15. The maximum Gasteiger partial charge on any atom is 0.301 e. The van der Waals surface area contributed by atoms with Gasteiger partial charge in [0.05, 0.1) is 30.1 Å². The van der Waals surface area contributed by atoms with Crippen molar-refractivity contribution in [2.45, 2.75) is 6.42 Å². The maximum atomic E-state index is 11.9. The summed E-state index contributed by atoms with van der Waals surface area (Å²) in [6.45, 7) is 1.38. The number of thioether (sulfide) groups is 1. The molecule has 5 rings (SSSR count). The van der Waals surface area contributed by atoms with E-state index in [4.69, 9.17) is 14.2 Å². The lowest BCUT2D eigenvalue weighted by Gasteiger charge is -2.25. The van der Waals surface area contributed by atoms with Crippen LogP contribution in [0.2, 0.25) is 0 Å². The van der Waals surface area contributed by atoms with Crippen LogP contribution >= 0.6 is 11.8 Å². The van der Waals surface area contributed by atoms with Crippen LogP contribution in [0.4, 0.5) is 0 Å². The van der Waals surface area contributed by atoms with Crippen molar-refractivity contribution in [2.75, 3.05) is 32.6 Å². The Morgan fingerprint density at radius 3 is 2.83 bits per heavy atom. The zero-order valence-corrected chi connectivity index (χ0v) is 19.8. The molecule has 1 aliphatic heterocycles. The van der Waals surface area contributed by atoms with Gasteiger partial charge in [0, 0.05) is 42.6 Å². The van der Waals surface area contributed by atoms with Crippen molar-refractivity contribution in [1.29, 1.82) is 0 Å². The molecule has 0 spiro atoms. The molecule has 2 aromatic heterocycles. The number of carbonyl (C=O) groups excluding carboxylic acids is 2. The Hall–Kier alpha value is -3.92. The Morgan fingerprint density at radius 1 is 1.03 bits per heavy atom. The summed E-state index contributed by atoms with van der Waals surface area (Å²) >= 11 is 1.07. The van der Waals surface area contributed by atoms with E-state index in [0.29, 0.717) is 65.9 Å². The quantitative estimate of drug-likeness (QED) is 0.269. The van der Waals surface area contributed by atoms with Crippen molar-refractivity contribution in [3.8, 4) is 23.1 Å². The monoisotopic (exact) mass is 490 g/mol. The molecule has 1 aliphatic rings. The molecule has 178 valence electrons. The van der Waals surface area contributed by atoms with Crippen LogP contribution in [0.3, 0.4) is 0 Å². The highest BCUT2D eigenvalue weighted by Gasteiger charge is 2.26. The molecule has 35 heavy (non-hydrogen) atoms. The molecule has 3 heterocycles. The number of methoxy groups -OCH3 is 1. The molecule has 4 aromatic rings. The molecule has 0 saturated carbocycles. The summed E-state index contributed by atoms with van der Waals surface area (Å²) in [5.74, 6) is 2.23. The minimum Gasteiger partial charge on any atom is -0.493 e. The fourth-order valence-corrected chi connectivity index (χ4v) is 4.56. The predicted octanol–water partition coefficient (Wildman–Crippen LogP) is 3.85. The van der Waals surface area contributed by atoms with Crippen molar-refractivity contribution in [2.24, 2.45) is 0 Å². The molecule has 10 heteroatoms. The van der Waals surface area contributed by atoms with Crippen molar-refractivity contribution < 1.29 is 23.8 Å². The molecule has 1 fully saturated rings. The van der Waals surface area contributed by atoms with Gasteiger partial charge in [-0.15, -0.1) is 0 Å². The van der Waals surface area contributed by atoms with Crippen molar-refractivity contribution >= 4 is 44.6 Å². The van der Waals surface area contributed by atoms with Gasteiger partial charge < -0.3 is 19.1 Å². The van der Waals surface area contributed by atoms with Gasteiger partial charge in [-0.1, -0.05) is 17.8 Å². The average Bonchev–Trinajstić information content (AvgIpc) is 2.88. The second kappa shape index (κ2) is 10.1. The largest absolute Gasteiger partial charge is 0.493 e. The van der Waals surface area contributed by atoms with Crippen LogP contribution in [0, 0.1) is 0 Å². The number of fused-ring (bicyclic) bond motifs is 2. The number of ether oxygens (including phenoxy) is 3. The molecule has 1 amide bonds. The smallest absolute Gasteiger partial charge is 0.301 e. The van der Waals surface area contributed by atoms with Gasteiger partial charge in [0.15, 0.2) is 11.5 Å². The second-order valence-electron chi connectivity index (χ2n) is 7.79. The zero-order chi connectivity index (χ0) is 24.2. The van der Waals surface area contributed by atoms with E-state index < -0.39 is 11.0 Å². The van der Waals surface area contributed by atoms with Crippen molar-refractivity contribution in [3.05, 3.63) is 55.0 Å². The molecule has 0 bridgehead atoms. The Morgan fingerprint density at radius 2 is 1.94 bits per heavy atom. The SMILES string of the molecule is COc1cc2c(Oc3ccc4cccnc4c3)ncnc2cc1OCCCN1CCSC(=O)C1=O. The number of pyridine rings is 1. The summed E-state index contributed by atoms with van der Waals surface area (Å²) in [5, 5.41) is 1.30. The number of hydrogen-bond donors (Lipinski definition) is 0. The van der Waals surface area contributed by atoms with Crippen LogP contribution in [0.25, 0.3) is 21.8 Å². The molecule has 9 nitrogen and oxygen atoms in total.